The molecule has 0 bridgehead atoms. The molecule has 2 aromatic heterocycles. The van der Waals surface area contributed by atoms with Crippen LogP contribution in [0.15, 0.2) is 35.4 Å². The molecule has 0 fully saturated rings. The number of carbonyl (C=O) groups excluding carboxylic acids is 2. The third-order valence-corrected chi connectivity index (χ3v) is 5.33. The zero-order chi connectivity index (χ0) is 19.7. The van der Waals surface area contributed by atoms with Gasteiger partial charge in [0, 0.05) is 10.4 Å². The number of ketones is 2. The number of aryl methyl sites for hydroxylation is 1. The monoisotopic (exact) mass is 384 g/mol. The summed E-state index contributed by atoms with van der Waals surface area (Å²) in [6, 6.07) is 6.34. The fraction of sp³-hybridized carbons (Fsp3) is 0.300. The highest BCUT2D eigenvalue weighted by Crippen LogP contribution is 2.36. The maximum atomic E-state index is 13.2. The van der Waals surface area contributed by atoms with Crippen LogP contribution in [0.1, 0.15) is 31.7 Å². The summed E-state index contributed by atoms with van der Waals surface area (Å²) in [4.78, 5) is 42.8. The summed E-state index contributed by atoms with van der Waals surface area (Å²) >= 11 is 1.41. The molecular weight excluding hydrogens is 364 g/mol. The zero-order valence-electron chi connectivity index (χ0n) is 15.6. The fourth-order valence-electron chi connectivity index (χ4n) is 3.21. The van der Waals surface area contributed by atoms with Gasteiger partial charge in [-0.3, -0.25) is 19.0 Å². The molecule has 0 saturated heterocycles. The zero-order valence-corrected chi connectivity index (χ0v) is 16.4. The number of fused-ring (bicyclic) bond motifs is 1. The number of aromatic nitrogens is 2. The molecule has 2 heterocycles. The highest BCUT2D eigenvalue weighted by molar-refractivity contribution is 7.19. The molecule has 7 heteroatoms. The third kappa shape index (κ3) is 3.42. The summed E-state index contributed by atoms with van der Waals surface area (Å²) in [5, 5.41) is 0.427. The Balaban J connectivity index is 2.23. The number of nitrogens with zero attached hydrogens (tertiary/aromatic N) is 2. The Morgan fingerprint density at radius 3 is 2.37 bits per heavy atom. The van der Waals surface area contributed by atoms with Gasteiger partial charge in [0.15, 0.2) is 17.6 Å². The van der Waals surface area contributed by atoms with Crippen molar-refractivity contribution >= 4 is 33.1 Å². The predicted octanol–water partition coefficient (Wildman–Crippen LogP) is 3.55. The molecule has 0 amide bonds. The van der Waals surface area contributed by atoms with E-state index in [2.05, 4.69) is 4.98 Å². The molecule has 27 heavy (non-hydrogen) atoms. The Bertz CT molecular complexity index is 1070. The van der Waals surface area contributed by atoms with Gasteiger partial charge in [0.2, 0.25) is 0 Å². The van der Waals surface area contributed by atoms with Crippen LogP contribution in [0, 0.1) is 6.92 Å². The predicted molar refractivity (Wildman–Crippen MR) is 106 cm³/mol. The second-order valence-corrected chi connectivity index (χ2v) is 7.45. The van der Waals surface area contributed by atoms with Crippen molar-refractivity contribution in [2.45, 2.75) is 33.7 Å². The van der Waals surface area contributed by atoms with Crippen molar-refractivity contribution in [2.75, 3.05) is 6.61 Å². The highest BCUT2D eigenvalue weighted by Gasteiger charge is 2.25. The van der Waals surface area contributed by atoms with Crippen molar-refractivity contribution in [2.24, 2.45) is 0 Å². The minimum atomic E-state index is -1.15. The summed E-state index contributed by atoms with van der Waals surface area (Å²) in [7, 11) is 0. The first-order valence-electron chi connectivity index (χ1n) is 8.59. The number of hydrogen-bond acceptors (Lipinski definition) is 6. The quantitative estimate of drug-likeness (QED) is 0.607. The molecule has 3 aromatic rings. The van der Waals surface area contributed by atoms with Crippen LogP contribution in [-0.4, -0.2) is 27.7 Å². The van der Waals surface area contributed by atoms with E-state index in [9.17, 15) is 14.4 Å². The van der Waals surface area contributed by atoms with Gasteiger partial charge in [0.25, 0.3) is 5.56 Å². The molecule has 0 unspecified atom stereocenters. The summed E-state index contributed by atoms with van der Waals surface area (Å²) in [5.74, 6) is -0.0252. The second-order valence-electron chi connectivity index (χ2n) is 6.25. The lowest BCUT2D eigenvalue weighted by Gasteiger charge is -2.13. The Hall–Kier alpha value is -2.80. The Kier molecular flexibility index (Phi) is 5.23. The van der Waals surface area contributed by atoms with Crippen LogP contribution >= 0.6 is 11.3 Å². The average molecular weight is 384 g/mol. The van der Waals surface area contributed by atoms with E-state index in [0.29, 0.717) is 16.8 Å². The number of benzene rings is 1. The van der Waals surface area contributed by atoms with Crippen molar-refractivity contribution in [1.29, 1.82) is 0 Å². The van der Waals surface area contributed by atoms with Gasteiger partial charge in [-0.15, -0.1) is 11.3 Å². The number of thiophene rings is 1. The summed E-state index contributed by atoms with van der Waals surface area (Å²) < 4.78 is 6.61. The number of Topliss-reactive ketones (excluding diaryl/α,β-unsaturated/α-hetero) is 2. The lowest BCUT2D eigenvalue weighted by Crippen LogP contribution is -2.33. The Labute approximate surface area is 160 Å². The molecule has 0 saturated carbocycles. The number of hydrogen-bond donors (Lipinski definition) is 0. The fourth-order valence-corrected chi connectivity index (χ4v) is 4.21. The van der Waals surface area contributed by atoms with Crippen LogP contribution in [0.4, 0.5) is 0 Å². The molecule has 0 aliphatic heterocycles. The Morgan fingerprint density at radius 1 is 1.19 bits per heavy atom. The van der Waals surface area contributed by atoms with Gasteiger partial charge >= 0.3 is 0 Å². The first-order chi connectivity index (χ1) is 12.8. The van der Waals surface area contributed by atoms with E-state index in [4.69, 9.17) is 4.74 Å². The van der Waals surface area contributed by atoms with E-state index < -0.39 is 6.04 Å². The normalized spacial score (nSPS) is 11.1. The maximum Gasteiger partial charge on any atom is 0.263 e. The standard InChI is InChI=1S/C20H20N2O4S/c1-5-26-15-8-6-14(7-9-15)16-13(4)27-19-17(16)20(25)22(10-21-19)18(11(2)23)12(3)24/h6-10,18H,5H2,1-4H3. The maximum absolute atomic E-state index is 13.2. The van der Waals surface area contributed by atoms with Gasteiger partial charge in [0.1, 0.15) is 16.9 Å². The second kappa shape index (κ2) is 7.44. The third-order valence-electron chi connectivity index (χ3n) is 4.32. The summed E-state index contributed by atoms with van der Waals surface area (Å²) in [6.07, 6.45) is 1.29. The van der Waals surface area contributed by atoms with Crippen LogP contribution in [0.5, 0.6) is 5.75 Å². The molecule has 0 N–H and O–H groups in total. The number of carbonyl (C=O) groups is 2. The summed E-state index contributed by atoms with van der Waals surface area (Å²) in [6.45, 7) is 7.02. The largest absolute Gasteiger partial charge is 0.494 e. The molecule has 140 valence electrons. The van der Waals surface area contributed by atoms with Gasteiger partial charge in [0.05, 0.1) is 12.0 Å². The molecular formula is C20H20N2O4S. The molecule has 0 aliphatic carbocycles. The first kappa shape index (κ1) is 19.0. The van der Waals surface area contributed by atoms with E-state index in [0.717, 1.165) is 26.3 Å². The minimum Gasteiger partial charge on any atom is -0.494 e. The van der Waals surface area contributed by atoms with Gasteiger partial charge in [-0.05, 0) is 45.4 Å². The highest BCUT2D eigenvalue weighted by atomic mass is 32.1. The smallest absolute Gasteiger partial charge is 0.263 e. The van der Waals surface area contributed by atoms with Gasteiger partial charge < -0.3 is 4.74 Å². The molecule has 3 rings (SSSR count). The van der Waals surface area contributed by atoms with Crippen LogP contribution in [0.25, 0.3) is 21.3 Å². The van der Waals surface area contributed by atoms with Gasteiger partial charge in [-0.2, -0.15) is 0 Å². The van der Waals surface area contributed by atoms with E-state index in [-0.39, 0.29) is 17.1 Å². The topological polar surface area (TPSA) is 78.3 Å². The number of rotatable bonds is 6. The van der Waals surface area contributed by atoms with E-state index in [1.165, 1.54) is 31.5 Å². The average Bonchev–Trinajstić information content (AvgIpc) is 2.94. The van der Waals surface area contributed by atoms with E-state index in [1.54, 1.807) is 0 Å². The molecule has 0 atom stereocenters. The Morgan fingerprint density at radius 2 is 1.81 bits per heavy atom. The lowest BCUT2D eigenvalue weighted by molar-refractivity contribution is -0.129. The molecule has 0 spiro atoms. The van der Waals surface area contributed by atoms with Crippen LogP contribution in [0.2, 0.25) is 0 Å². The van der Waals surface area contributed by atoms with Crippen LogP contribution < -0.4 is 10.3 Å². The lowest BCUT2D eigenvalue weighted by atomic mass is 10.0. The van der Waals surface area contributed by atoms with E-state index >= 15 is 0 Å². The van der Waals surface area contributed by atoms with Crippen LogP contribution in [0.3, 0.4) is 0 Å². The van der Waals surface area contributed by atoms with Crippen molar-refractivity contribution < 1.29 is 14.3 Å². The first-order valence-corrected chi connectivity index (χ1v) is 9.41. The van der Waals surface area contributed by atoms with E-state index in [1.807, 2.05) is 38.1 Å². The summed E-state index contributed by atoms with van der Waals surface area (Å²) in [5.41, 5.74) is 1.25. The minimum absolute atomic E-state index is 0.386. The van der Waals surface area contributed by atoms with Crippen molar-refractivity contribution in [3.05, 3.63) is 45.8 Å². The SMILES string of the molecule is CCOc1ccc(-c2c(C)sc3ncn(C(C(C)=O)C(C)=O)c(=O)c23)cc1. The van der Waals surface area contributed by atoms with Crippen molar-refractivity contribution in [3.63, 3.8) is 0 Å². The van der Waals surface area contributed by atoms with Crippen molar-refractivity contribution in [1.82, 2.24) is 9.55 Å². The van der Waals surface area contributed by atoms with Gasteiger partial charge in [-0.1, -0.05) is 12.1 Å². The molecule has 6 nitrogen and oxygen atoms in total. The van der Waals surface area contributed by atoms with Crippen molar-refractivity contribution in [3.8, 4) is 16.9 Å². The molecule has 0 radical (unpaired) electrons. The van der Waals surface area contributed by atoms with Gasteiger partial charge in [-0.25, -0.2) is 4.98 Å². The molecule has 1 aromatic carbocycles. The number of ether oxygens (including phenoxy) is 1. The van der Waals surface area contributed by atoms with Crippen LogP contribution in [-0.2, 0) is 9.59 Å². The molecule has 0 aliphatic rings.